The van der Waals surface area contributed by atoms with E-state index in [1.807, 2.05) is 31.3 Å². The van der Waals surface area contributed by atoms with Crippen molar-refractivity contribution in [3.63, 3.8) is 0 Å². The lowest BCUT2D eigenvalue weighted by atomic mass is 10.1. The van der Waals surface area contributed by atoms with Crippen LogP contribution in [0.15, 0.2) is 28.8 Å². The third kappa shape index (κ3) is 3.30. The van der Waals surface area contributed by atoms with Crippen molar-refractivity contribution in [1.82, 2.24) is 15.5 Å². The lowest BCUT2D eigenvalue weighted by Crippen LogP contribution is -2.10. The lowest BCUT2D eigenvalue weighted by Gasteiger charge is -2.01. The Bertz CT molecular complexity index is 496. The molecule has 1 N–H and O–H groups in total. The quantitative estimate of drug-likeness (QED) is 0.836. The van der Waals surface area contributed by atoms with E-state index in [1.54, 1.807) is 7.11 Å². The first-order valence-electron chi connectivity index (χ1n) is 5.91. The highest BCUT2D eigenvalue weighted by Crippen LogP contribution is 2.15. The number of rotatable bonds is 6. The van der Waals surface area contributed by atoms with Crippen LogP contribution in [0.5, 0.6) is 5.75 Å². The summed E-state index contributed by atoms with van der Waals surface area (Å²) in [5.74, 6) is 2.21. The van der Waals surface area contributed by atoms with E-state index in [2.05, 4.69) is 15.5 Å². The number of nitrogens with zero attached hydrogens (tertiary/aromatic N) is 2. The van der Waals surface area contributed by atoms with E-state index >= 15 is 0 Å². The number of nitrogens with one attached hydrogen (secondary N) is 1. The second-order valence-electron chi connectivity index (χ2n) is 3.99. The molecule has 1 heterocycles. The zero-order valence-electron chi connectivity index (χ0n) is 10.6. The van der Waals surface area contributed by atoms with E-state index in [0.29, 0.717) is 18.1 Å². The third-order valence-electron chi connectivity index (χ3n) is 2.60. The van der Waals surface area contributed by atoms with Gasteiger partial charge in [-0.05, 0) is 24.7 Å². The van der Waals surface area contributed by atoms with Crippen LogP contribution in [-0.4, -0.2) is 30.8 Å². The van der Waals surface area contributed by atoms with Gasteiger partial charge >= 0.3 is 0 Å². The molecule has 0 aliphatic rings. The standard InChI is InChI=1S/C13H17N3O2/c1-14-7-6-13-15-12(16-18-13)9-10-4-3-5-11(8-10)17-2/h3-5,8,14H,6-7,9H2,1-2H3. The molecule has 5 nitrogen and oxygen atoms in total. The van der Waals surface area contributed by atoms with Crippen LogP contribution in [0.3, 0.4) is 0 Å². The maximum atomic E-state index is 5.18. The predicted molar refractivity (Wildman–Crippen MR) is 67.7 cm³/mol. The van der Waals surface area contributed by atoms with Gasteiger partial charge in [0.15, 0.2) is 5.82 Å². The first-order chi connectivity index (χ1) is 8.81. The van der Waals surface area contributed by atoms with E-state index in [9.17, 15) is 0 Å². The van der Waals surface area contributed by atoms with Crippen LogP contribution in [0.4, 0.5) is 0 Å². The van der Waals surface area contributed by atoms with Gasteiger partial charge < -0.3 is 14.6 Å². The van der Waals surface area contributed by atoms with Crippen LogP contribution in [0, 0.1) is 0 Å². The Kier molecular flexibility index (Phi) is 4.30. The summed E-state index contributed by atoms with van der Waals surface area (Å²) in [6, 6.07) is 7.87. The number of hydrogen-bond acceptors (Lipinski definition) is 5. The summed E-state index contributed by atoms with van der Waals surface area (Å²) in [6.45, 7) is 0.834. The summed E-state index contributed by atoms with van der Waals surface area (Å²) >= 11 is 0. The molecule has 0 amide bonds. The molecule has 0 saturated heterocycles. The molecule has 1 aromatic heterocycles. The van der Waals surface area contributed by atoms with Gasteiger partial charge in [-0.2, -0.15) is 4.98 Å². The Balaban J connectivity index is 2.01. The van der Waals surface area contributed by atoms with Crippen molar-refractivity contribution in [2.24, 2.45) is 0 Å². The highest BCUT2D eigenvalue weighted by atomic mass is 16.5. The van der Waals surface area contributed by atoms with Crippen LogP contribution in [0.1, 0.15) is 17.3 Å². The van der Waals surface area contributed by atoms with Gasteiger partial charge in [-0.15, -0.1) is 0 Å². The van der Waals surface area contributed by atoms with Gasteiger partial charge in [0.05, 0.1) is 7.11 Å². The summed E-state index contributed by atoms with van der Waals surface area (Å²) in [5, 5.41) is 7.01. The Labute approximate surface area is 106 Å². The van der Waals surface area contributed by atoms with Crippen molar-refractivity contribution in [3.8, 4) is 5.75 Å². The minimum atomic E-state index is 0.653. The van der Waals surface area contributed by atoms with E-state index in [-0.39, 0.29) is 0 Å². The summed E-state index contributed by atoms with van der Waals surface area (Å²) in [4.78, 5) is 4.34. The van der Waals surface area contributed by atoms with Crippen LogP contribution in [-0.2, 0) is 12.8 Å². The molecule has 0 aliphatic carbocycles. The maximum Gasteiger partial charge on any atom is 0.227 e. The van der Waals surface area contributed by atoms with Crippen molar-refractivity contribution < 1.29 is 9.26 Å². The van der Waals surface area contributed by atoms with Crippen LogP contribution in [0.25, 0.3) is 0 Å². The van der Waals surface area contributed by atoms with E-state index < -0.39 is 0 Å². The van der Waals surface area contributed by atoms with Gasteiger partial charge in [-0.25, -0.2) is 0 Å². The highest BCUT2D eigenvalue weighted by molar-refractivity contribution is 5.29. The van der Waals surface area contributed by atoms with Crippen molar-refractivity contribution in [3.05, 3.63) is 41.5 Å². The smallest absolute Gasteiger partial charge is 0.227 e. The average Bonchev–Trinajstić information content (AvgIpc) is 2.84. The minimum Gasteiger partial charge on any atom is -0.497 e. The molecule has 18 heavy (non-hydrogen) atoms. The largest absolute Gasteiger partial charge is 0.497 e. The molecule has 96 valence electrons. The van der Waals surface area contributed by atoms with Crippen molar-refractivity contribution in [2.45, 2.75) is 12.8 Å². The molecule has 2 rings (SSSR count). The summed E-state index contributed by atoms with van der Waals surface area (Å²) < 4.78 is 10.3. The van der Waals surface area contributed by atoms with Gasteiger partial charge in [0, 0.05) is 19.4 Å². The van der Waals surface area contributed by atoms with Gasteiger partial charge in [0.2, 0.25) is 5.89 Å². The average molecular weight is 247 g/mol. The van der Waals surface area contributed by atoms with Crippen molar-refractivity contribution in [1.29, 1.82) is 0 Å². The van der Waals surface area contributed by atoms with Crippen molar-refractivity contribution in [2.75, 3.05) is 20.7 Å². The Morgan fingerprint density at radius 2 is 2.28 bits per heavy atom. The monoisotopic (exact) mass is 247 g/mol. The van der Waals surface area contributed by atoms with Crippen molar-refractivity contribution >= 4 is 0 Å². The van der Waals surface area contributed by atoms with Gasteiger partial charge in [0.1, 0.15) is 5.75 Å². The normalized spacial score (nSPS) is 10.6. The van der Waals surface area contributed by atoms with Gasteiger partial charge in [-0.1, -0.05) is 17.3 Å². The number of aromatic nitrogens is 2. The Morgan fingerprint density at radius 1 is 1.39 bits per heavy atom. The first-order valence-corrected chi connectivity index (χ1v) is 5.91. The fourth-order valence-corrected chi connectivity index (χ4v) is 1.66. The number of methoxy groups -OCH3 is 1. The van der Waals surface area contributed by atoms with Gasteiger partial charge in [-0.3, -0.25) is 0 Å². The Hall–Kier alpha value is -1.88. The number of ether oxygens (including phenoxy) is 1. The number of likely N-dealkylation sites (N-methyl/N-ethyl adjacent to an activating group) is 1. The fraction of sp³-hybridized carbons (Fsp3) is 0.385. The highest BCUT2D eigenvalue weighted by Gasteiger charge is 2.07. The molecular formula is C13H17N3O2. The second kappa shape index (κ2) is 6.16. The number of benzene rings is 1. The topological polar surface area (TPSA) is 60.2 Å². The molecule has 5 heteroatoms. The molecule has 0 fully saturated rings. The fourth-order valence-electron chi connectivity index (χ4n) is 1.66. The molecule has 0 saturated carbocycles. The SMILES string of the molecule is CNCCc1nc(Cc2cccc(OC)c2)no1. The first kappa shape index (κ1) is 12.6. The van der Waals surface area contributed by atoms with E-state index in [1.165, 1.54) is 0 Å². The van der Waals surface area contributed by atoms with Crippen LogP contribution >= 0.6 is 0 Å². The Morgan fingerprint density at radius 3 is 3.06 bits per heavy atom. The van der Waals surface area contributed by atoms with Crippen LogP contribution < -0.4 is 10.1 Å². The third-order valence-corrected chi connectivity index (χ3v) is 2.60. The molecule has 0 bridgehead atoms. The molecule has 2 aromatic rings. The maximum absolute atomic E-state index is 5.18. The summed E-state index contributed by atoms with van der Waals surface area (Å²) in [7, 11) is 3.55. The predicted octanol–water partition coefficient (Wildman–Crippen LogP) is 1.43. The minimum absolute atomic E-state index is 0.653. The molecule has 0 unspecified atom stereocenters. The number of hydrogen-bond donors (Lipinski definition) is 1. The molecule has 0 aliphatic heterocycles. The lowest BCUT2D eigenvalue weighted by molar-refractivity contribution is 0.372. The van der Waals surface area contributed by atoms with Crippen LogP contribution in [0.2, 0.25) is 0 Å². The molecular weight excluding hydrogens is 230 g/mol. The van der Waals surface area contributed by atoms with E-state index in [0.717, 1.165) is 24.3 Å². The molecule has 1 aromatic carbocycles. The van der Waals surface area contributed by atoms with E-state index in [4.69, 9.17) is 9.26 Å². The zero-order valence-corrected chi connectivity index (χ0v) is 10.6. The summed E-state index contributed by atoms with van der Waals surface area (Å²) in [6.07, 6.45) is 1.40. The van der Waals surface area contributed by atoms with Gasteiger partial charge in [0.25, 0.3) is 0 Å². The summed E-state index contributed by atoms with van der Waals surface area (Å²) in [5.41, 5.74) is 1.11. The zero-order chi connectivity index (χ0) is 12.8. The second-order valence-corrected chi connectivity index (χ2v) is 3.99. The molecule has 0 spiro atoms. The molecule has 0 radical (unpaired) electrons. The molecule has 0 atom stereocenters.